The summed E-state index contributed by atoms with van der Waals surface area (Å²) in [5.74, 6) is 1.01. The summed E-state index contributed by atoms with van der Waals surface area (Å²) >= 11 is 0. The molecule has 0 atom stereocenters. The predicted octanol–water partition coefficient (Wildman–Crippen LogP) is 1.13. The minimum Gasteiger partial charge on any atom is -0.355 e. The maximum Gasteiger partial charge on any atom is 0.263 e. The van der Waals surface area contributed by atoms with Crippen molar-refractivity contribution in [3.63, 3.8) is 0 Å². The highest BCUT2D eigenvalue weighted by Gasteiger charge is 2.21. The standard InChI is InChI=1S/C18H23N5O2/c1-13-5-6-16(21-20-13)23-10-7-14(8-11-23)12-19-17(24)15-4-3-9-22(2)18(15)25/h3-6,9,14H,7-8,10-12H2,1-2H3,(H,19,24). The summed E-state index contributed by atoms with van der Waals surface area (Å²) in [5.41, 5.74) is 0.832. The summed E-state index contributed by atoms with van der Waals surface area (Å²) in [6, 6.07) is 7.23. The summed E-state index contributed by atoms with van der Waals surface area (Å²) < 4.78 is 1.41. The monoisotopic (exact) mass is 341 g/mol. The van der Waals surface area contributed by atoms with E-state index < -0.39 is 0 Å². The van der Waals surface area contributed by atoms with Gasteiger partial charge in [-0.05, 0) is 49.9 Å². The van der Waals surface area contributed by atoms with E-state index in [2.05, 4.69) is 20.4 Å². The highest BCUT2D eigenvalue weighted by Crippen LogP contribution is 2.21. The zero-order valence-corrected chi connectivity index (χ0v) is 14.6. The van der Waals surface area contributed by atoms with E-state index in [1.54, 1.807) is 25.4 Å². The van der Waals surface area contributed by atoms with Gasteiger partial charge in [0.2, 0.25) is 0 Å². The molecule has 0 radical (unpaired) electrons. The van der Waals surface area contributed by atoms with Crippen LogP contribution in [0.1, 0.15) is 28.9 Å². The Bertz CT molecular complexity index is 792. The van der Waals surface area contributed by atoms with Crippen molar-refractivity contribution in [1.82, 2.24) is 20.1 Å². The van der Waals surface area contributed by atoms with Crippen LogP contribution in [0.2, 0.25) is 0 Å². The van der Waals surface area contributed by atoms with Gasteiger partial charge in [0.15, 0.2) is 5.82 Å². The number of aryl methyl sites for hydroxylation is 2. The Kier molecular flexibility index (Phi) is 5.11. The summed E-state index contributed by atoms with van der Waals surface area (Å²) in [4.78, 5) is 26.4. The number of anilines is 1. The van der Waals surface area contributed by atoms with Crippen molar-refractivity contribution in [2.24, 2.45) is 13.0 Å². The second kappa shape index (κ2) is 7.46. The van der Waals surface area contributed by atoms with Crippen molar-refractivity contribution in [2.75, 3.05) is 24.5 Å². The molecule has 7 nitrogen and oxygen atoms in total. The van der Waals surface area contributed by atoms with Crippen molar-refractivity contribution in [2.45, 2.75) is 19.8 Å². The van der Waals surface area contributed by atoms with Crippen LogP contribution in [-0.2, 0) is 7.05 Å². The van der Waals surface area contributed by atoms with Crippen molar-refractivity contribution in [1.29, 1.82) is 0 Å². The van der Waals surface area contributed by atoms with E-state index >= 15 is 0 Å². The number of hydrogen-bond acceptors (Lipinski definition) is 5. The van der Waals surface area contributed by atoms with Crippen LogP contribution in [-0.4, -0.2) is 40.3 Å². The number of nitrogens with zero attached hydrogens (tertiary/aromatic N) is 4. The van der Waals surface area contributed by atoms with E-state index in [9.17, 15) is 9.59 Å². The summed E-state index contributed by atoms with van der Waals surface area (Å²) in [7, 11) is 1.64. The van der Waals surface area contributed by atoms with Crippen molar-refractivity contribution < 1.29 is 4.79 Å². The van der Waals surface area contributed by atoms with Crippen LogP contribution in [0.15, 0.2) is 35.3 Å². The third kappa shape index (κ3) is 4.04. The number of pyridine rings is 1. The molecule has 132 valence electrons. The molecule has 0 unspecified atom stereocenters. The fraction of sp³-hybridized carbons (Fsp3) is 0.444. The number of carbonyl (C=O) groups is 1. The lowest BCUT2D eigenvalue weighted by atomic mass is 9.96. The molecule has 0 saturated carbocycles. The zero-order chi connectivity index (χ0) is 17.8. The number of hydrogen-bond donors (Lipinski definition) is 1. The number of nitrogens with one attached hydrogen (secondary N) is 1. The Morgan fingerprint density at radius 2 is 2.00 bits per heavy atom. The number of rotatable bonds is 4. The molecule has 1 aliphatic heterocycles. The van der Waals surface area contributed by atoms with Gasteiger partial charge >= 0.3 is 0 Å². The average Bonchev–Trinajstić information content (AvgIpc) is 2.63. The van der Waals surface area contributed by atoms with Crippen LogP contribution in [0.4, 0.5) is 5.82 Å². The van der Waals surface area contributed by atoms with Gasteiger partial charge < -0.3 is 14.8 Å². The predicted molar refractivity (Wildman–Crippen MR) is 95.7 cm³/mol. The molecule has 2 aromatic rings. The Hall–Kier alpha value is -2.70. The molecular formula is C18H23N5O2. The van der Waals surface area contributed by atoms with Crippen LogP contribution in [0.5, 0.6) is 0 Å². The molecule has 1 amide bonds. The average molecular weight is 341 g/mol. The Labute approximate surface area is 146 Å². The van der Waals surface area contributed by atoms with Gasteiger partial charge in [0.1, 0.15) is 5.56 Å². The molecule has 3 heterocycles. The van der Waals surface area contributed by atoms with Crippen LogP contribution in [0.25, 0.3) is 0 Å². The first-order valence-electron chi connectivity index (χ1n) is 8.53. The molecule has 3 rings (SSSR count). The van der Waals surface area contributed by atoms with Crippen molar-refractivity contribution >= 4 is 11.7 Å². The molecule has 1 aliphatic rings. The molecule has 1 fully saturated rings. The highest BCUT2D eigenvalue weighted by molar-refractivity contribution is 5.93. The van der Waals surface area contributed by atoms with E-state index in [0.29, 0.717) is 12.5 Å². The Morgan fingerprint density at radius 3 is 2.68 bits per heavy atom. The number of amides is 1. The lowest BCUT2D eigenvalue weighted by molar-refractivity contribution is 0.0943. The van der Waals surface area contributed by atoms with Gasteiger partial charge in [-0.15, -0.1) is 5.10 Å². The van der Waals surface area contributed by atoms with E-state index in [1.165, 1.54) is 4.57 Å². The lowest BCUT2D eigenvalue weighted by Gasteiger charge is -2.32. The smallest absolute Gasteiger partial charge is 0.263 e. The number of carbonyl (C=O) groups excluding carboxylic acids is 1. The van der Waals surface area contributed by atoms with Crippen LogP contribution >= 0.6 is 0 Å². The third-order valence-electron chi connectivity index (χ3n) is 4.64. The van der Waals surface area contributed by atoms with E-state index in [-0.39, 0.29) is 17.0 Å². The van der Waals surface area contributed by atoms with Crippen molar-refractivity contribution in [3.05, 3.63) is 52.1 Å². The molecule has 1 saturated heterocycles. The van der Waals surface area contributed by atoms with Gasteiger partial charge in [-0.25, -0.2) is 0 Å². The van der Waals surface area contributed by atoms with E-state index in [4.69, 9.17) is 0 Å². The maximum atomic E-state index is 12.2. The first-order chi connectivity index (χ1) is 12.0. The molecule has 0 bridgehead atoms. The first-order valence-corrected chi connectivity index (χ1v) is 8.53. The highest BCUT2D eigenvalue weighted by atomic mass is 16.2. The van der Waals surface area contributed by atoms with Crippen LogP contribution in [0.3, 0.4) is 0 Å². The van der Waals surface area contributed by atoms with Gasteiger partial charge in [-0.3, -0.25) is 9.59 Å². The van der Waals surface area contributed by atoms with Gasteiger partial charge in [-0.1, -0.05) is 0 Å². The topological polar surface area (TPSA) is 80.1 Å². The van der Waals surface area contributed by atoms with E-state index in [0.717, 1.165) is 37.4 Å². The van der Waals surface area contributed by atoms with E-state index in [1.807, 2.05) is 19.1 Å². The van der Waals surface area contributed by atoms with Crippen molar-refractivity contribution in [3.8, 4) is 0 Å². The van der Waals surface area contributed by atoms with Gasteiger partial charge in [0.05, 0.1) is 5.69 Å². The van der Waals surface area contributed by atoms with Crippen LogP contribution in [0, 0.1) is 12.8 Å². The van der Waals surface area contributed by atoms with Gasteiger partial charge in [0, 0.05) is 32.9 Å². The molecule has 0 aromatic carbocycles. The minimum absolute atomic E-state index is 0.192. The first kappa shape index (κ1) is 17.1. The molecule has 0 aliphatic carbocycles. The molecule has 25 heavy (non-hydrogen) atoms. The molecule has 7 heteroatoms. The van der Waals surface area contributed by atoms with Gasteiger partial charge in [0.25, 0.3) is 11.5 Å². The second-order valence-electron chi connectivity index (χ2n) is 6.51. The Balaban J connectivity index is 1.51. The number of aromatic nitrogens is 3. The minimum atomic E-state index is -0.298. The number of piperidine rings is 1. The molecule has 0 spiro atoms. The summed E-state index contributed by atoms with van der Waals surface area (Å²) in [6.07, 6.45) is 3.59. The summed E-state index contributed by atoms with van der Waals surface area (Å²) in [5, 5.41) is 11.2. The molecule has 2 aromatic heterocycles. The fourth-order valence-electron chi connectivity index (χ4n) is 3.03. The molecular weight excluding hydrogens is 318 g/mol. The fourth-order valence-corrected chi connectivity index (χ4v) is 3.03. The maximum absolute atomic E-state index is 12.2. The lowest BCUT2D eigenvalue weighted by Crippen LogP contribution is -2.40. The van der Waals surface area contributed by atoms with Crippen LogP contribution < -0.4 is 15.8 Å². The SMILES string of the molecule is Cc1ccc(N2CCC(CNC(=O)c3cccn(C)c3=O)CC2)nn1. The second-order valence-corrected chi connectivity index (χ2v) is 6.51. The summed E-state index contributed by atoms with van der Waals surface area (Å²) in [6.45, 7) is 4.30. The Morgan fingerprint density at radius 1 is 1.24 bits per heavy atom. The van der Waals surface area contributed by atoms with Gasteiger partial charge in [-0.2, -0.15) is 5.10 Å². The normalized spacial score (nSPS) is 15.2. The largest absolute Gasteiger partial charge is 0.355 e. The third-order valence-corrected chi connectivity index (χ3v) is 4.64. The quantitative estimate of drug-likeness (QED) is 0.902. The molecule has 1 N–H and O–H groups in total. The zero-order valence-electron chi connectivity index (χ0n) is 14.6.